The molecule has 0 unspecified atom stereocenters. The molecule has 1 N–H and O–H groups in total. The Balaban J connectivity index is 1.86. The van der Waals surface area contributed by atoms with Crippen molar-refractivity contribution in [3.8, 4) is 5.75 Å². The third-order valence-electron chi connectivity index (χ3n) is 3.59. The van der Waals surface area contributed by atoms with Gasteiger partial charge in [-0.05, 0) is 19.1 Å². The van der Waals surface area contributed by atoms with Crippen LogP contribution < -0.4 is 15.6 Å². The maximum Gasteiger partial charge on any atom is 0.261 e. The molecule has 122 valence electrons. The number of nitrogens with one attached hydrogen (secondary N) is 1. The molecule has 1 aromatic carbocycles. The van der Waals surface area contributed by atoms with E-state index in [-0.39, 0.29) is 18.0 Å². The van der Waals surface area contributed by atoms with Gasteiger partial charge in [0.05, 0.1) is 36.1 Å². The second-order valence-electron chi connectivity index (χ2n) is 5.23. The zero-order valence-corrected chi connectivity index (χ0v) is 13.3. The third-order valence-corrected chi connectivity index (χ3v) is 3.59. The number of hydrogen-bond donors (Lipinski definition) is 1. The van der Waals surface area contributed by atoms with Crippen LogP contribution in [0.15, 0.2) is 47.5 Å². The molecule has 3 rings (SSSR count). The smallest absolute Gasteiger partial charge is 0.261 e. The fourth-order valence-electron chi connectivity index (χ4n) is 2.41. The molecule has 2 heterocycles. The lowest BCUT2D eigenvalue weighted by Gasteiger charge is -2.11. The summed E-state index contributed by atoms with van der Waals surface area (Å²) in [6, 6.07) is 8.72. The molecule has 3 aromatic rings. The Morgan fingerprint density at radius 2 is 2.08 bits per heavy atom. The fourth-order valence-corrected chi connectivity index (χ4v) is 2.41. The van der Waals surface area contributed by atoms with Crippen LogP contribution in [0, 0.1) is 6.92 Å². The van der Waals surface area contributed by atoms with E-state index in [1.165, 1.54) is 24.1 Å². The van der Waals surface area contributed by atoms with Gasteiger partial charge < -0.3 is 10.1 Å². The highest BCUT2D eigenvalue weighted by molar-refractivity contribution is 5.90. The number of rotatable bonds is 4. The SMILES string of the molecule is COc1cncc(NC(=O)Cn2c(C)nc3ccccc3c2=O)c1. The molecule has 0 bridgehead atoms. The van der Waals surface area contributed by atoms with Crippen molar-refractivity contribution in [2.75, 3.05) is 12.4 Å². The quantitative estimate of drug-likeness (QED) is 0.790. The van der Waals surface area contributed by atoms with Crippen LogP contribution in [-0.2, 0) is 11.3 Å². The first-order valence-electron chi connectivity index (χ1n) is 7.33. The highest BCUT2D eigenvalue weighted by atomic mass is 16.5. The Morgan fingerprint density at radius 1 is 1.29 bits per heavy atom. The summed E-state index contributed by atoms with van der Waals surface area (Å²) in [5, 5.41) is 3.18. The van der Waals surface area contributed by atoms with E-state index in [1.807, 2.05) is 6.07 Å². The zero-order chi connectivity index (χ0) is 17.1. The van der Waals surface area contributed by atoms with Gasteiger partial charge in [-0.2, -0.15) is 0 Å². The van der Waals surface area contributed by atoms with Gasteiger partial charge in [0, 0.05) is 6.07 Å². The van der Waals surface area contributed by atoms with Crippen LogP contribution in [0.1, 0.15) is 5.82 Å². The number of pyridine rings is 1. The van der Waals surface area contributed by atoms with Crippen LogP contribution in [0.25, 0.3) is 10.9 Å². The van der Waals surface area contributed by atoms with Crippen LogP contribution in [0.5, 0.6) is 5.75 Å². The number of benzene rings is 1. The molecule has 0 atom stereocenters. The largest absolute Gasteiger partial charge is 0.495 e. The Kier molecular flexibility index (Phi) is 4.24. The van der Waals surface area contributed by atoms with Gasteiger partial charge in [0.2, 0.25) is 5.91 Å². The molecule has 0 saturated heterocycles. The Labute approximate surface area is 137 Å². The minimum Gasteiger partial charge on any atom is -0.495 e. The lowest BCUT2D eigenvalue weighted by Crippen LogP contribution is -2.30. The van der Waals surface area contributed by atoms with Crippen molar-refractivity contribution in [2.45, 2.75) is 13.5 Å². The van der Waals surface area contributed by atoms with Gasteiger partial charge in [-0.3, -0.25) is 19.1 Å². The lowest BCUT2D eigenvalue weighted by molar-refractivity contribution is -0.116. The normalized spacial score (nSPS) is 10.6. The minimum atomic E-state index is -0.340. The number of para-hydroxylation sites is 1. The zero-order valence-electron chi connectivity index (χ0n) is 13.3. The van der Waals surface area contributed by atoms with E-state index in [9.17, 15) is 9.59 Å². The predicted octanol–water partition coefficient (Wildman–Crippen LogP) is 1.75. The number of amides is 1. The molecule has 0 aliphatic heterocycles. The van der Waals surface area contributed by atoms with Gasteiger partial charge in [-0.25, -0.2) is 4.98 Å². The standard InChI is InChI=1S/C17H16N4O3/c1-11-19-15-6-4-3-5-14(15)17(23)21(11)10-16(22)20-12-7-13(24-2)9-18-8-12/h3-9H,10H2,1-2H3,(H,20,22). The van der Waals surface area contributed by atoms with Crippen molar-refractivity contribution in [2.24, 2.45) is 0 Å². The first-order valence-corrected chi connectivity index (χ1v) is 7.33. The van der Waals surface area contributed by atoms with E-state index >= 15 is 0 Å². The van der Waals surface area contributed by atoms with Gasteiger partial charge in [-0.1, -0.05) is 12.1 Å². The summed E-state index contributed by atoms with van der Waals surface area (Å²) in [5.41, 5.74) is 0.879. The number of ether oxygens (including phenoxy) is 1. The third kappa shape index (κ3) is 3.10. The summed E-state index contributed by atoms with van der Waals surface area (Å²) in [6.45, 7) is 1.58. The molecule has 2 aromatic heterocycles. The number of nitrogens with zero attached hydrogens (tertiary/aromatic N) is 3. The van der Waals surface area contributed by atoms with Gasteiger partial charge in [0.1, 0.15) is 18.1 Å². The first kappa shape index (κ1) is 15.7. The first-order chi connectivity index (χ1) is 11.6. The molecule has 0 radical (unpaired) electrons. The van der Waals surface area contributed by atoms with Crippen molar-refractivity contribution in [1.29, 1.82) is 0 Å². The van der Waals surface area contributed by atoms with Crippen LogP contribution >= 0.6 is 0 Å². The summed E-state index contributed by atoms with van der Waals surface area (Å²) in [5.74, 6) is 0.679. The molecule has 24 heavy (non-hydrogen) atoms. The summed E-state index contributed by atoms with van der Waals surface area (Å²) in [6.07, 6.45) is 3.05. The fraction of sp³-hybridized carbons (Fsp3) is 0.176. The minimum absolute atomic E-state index is 0.125. The number of aryl methyl sites for hydroxylation is 1. The average Bonchev–Trinajstić information content (AvgIpc) is 2.59. The number of fused-ring (bicyclic) bond motifs is 1. The van der Waals surface area contributed by atoms with Crippen LogP contribution in [0.4, 0.5) is 5.69 Å². The average molecular weight is 324 g/mol. The van der Waals surface area contributed by atoms with Crippen molar-refractivity contribution in [3.05, 3.63) is 58.9 Å². The summed E-state index contributed by atoms with van der Waals surface area (Å²) in [4.78, 5) is 33.1. The van der Waals surface area contributed by atoms with Crippen LogP contribution in [-0.4, -0.2) is 27.6 Å². The van der Waals surface area contributed by atoms with Crippen molar-refractivity contribution in [3.63, 3.8) is 0 Å². The number of aromatic nitrogens is 3. The molecular weight excluding hydrogens is 308 g/mol. The number of methoxy groups -OCH3 is 1. The molecule has 7 nitrogen and oxygen atoms in total. The highest BCUT2D eigenvalue weighted by Gasteiger charge is 2.12. The van der Waals surface area contributed by atoms with Crippen LogP contribution in [0.2, 0.25) is 0 Å². The Hall–Kier alpha value is -3.22. The van der Waals surface area contributed by atoms with Crippen molar-refractivity contribution >= 4 is 22.5 Å². The maximum absolute atomic E-state index is 12.5. The molecule has 0 aliphatic carbocycles. The summed E-state index contributed by atoms with van der Waals surface area (Å²) in [7, 11) is 1.52. The van der Waals surface area contributed by atoms with Gasteiger partial charge in [0.15, 0.2) is 0 Å². The van der Waals surface area contributed by atoms with Gasteiger partial charge >= 0.3 is 0 Å². The van der Waals surface area contributed by atoms with E-state index in [0.29, 0.717) is 28.2 Å². The summed E-state index contributed by atoms with van der Waals surface area (Å²) < 4.78 is 6.41. The van der Waals surface area contributed by atoms with Gasteiger partial charge in [0.25, 0.3) is 5.56 Å². The molecule has 0 saturated carbocycles. The number of carbonyl (C=O) groups is 1. The maximum atomic E-state index is 12.5. The number of hydrogen-bond acceptors (Lipinski definition) is 5. The predicted molar refractivity (Wildman–Crippen MR) is 90.2 cm³/mol. The monoisotopic (exact) mass is 324 g/mol. The lowest BCUT2D eigenvalue weighted by atomic mass is 10.2. The molecule has 7 heteroatoms. The number of anilines is 1. The van der Waals surface area contributed by atoms with Gasteiger partial charge in [-0.15, -0.1) is 0 Å². The molecule has 0 fully saturated rings. The summed E-state index contributed by atoms with van der Waals surface area (Å²) >= 11 is 0. The van der Waals surface area contributed by atoms with E-state index in [2.05, 4.69) is 15.3 Å². The molecule has 0 spiro atoms. The van der Waals surface area contributed by atoms with E-state index in [4.69, 9.17) is 4.74 Å². The molecule has 1 amide bonds. The highest BCUT2D eigenvalue weighted by Crippen LogP contribution is 2.14. The van der Waals surface area contributed by atoms with Crippen LogP contribution in [0.3, 0.4) is 0 Å². The number of carbonyl (C=O) groups excluding carboxylic acids is 1. The van der Waals surface area contributed by atoms with E-state index in [0.717, 1.165) is 0 Å². The topological polar surface area (TPSA) is 86.1 Å². The Morgan fingerprint density at radius 3 is 2.88 bits per heavy atom. The van der Waals surface area contributed by atoms with E-state index < -0.39 is 0 Å². The molecular formula is C17H16N4O3. The second kappa shape index (κ2) is 6.49. The Bertz CT molecular complexity index is 965. The van der Waals surface area contributed by atoms with E-state index in [1.54, 1.807) is 31.2 Å². The van der Waals surface area contributed by atoms with Crippen molar-refractivity contribution in [1.82, 2.24) is 14.5 Å². The van der Waals surface area contributed by atoms with Crippen molar-refractivity contribution < 1.29 is 9.53 Å². The second-order valence-corrected chi connectivity index (χ2v) is 5.23. The molecule has 0 aliphatic rings.